The van der Waals surface area contributed by atoms with Gasteiger partial charge in [-0.2, -0.15) is 5.10 Å². The van der Waals surface area contributed by atoms with E-state index < -0.39 is 11.6 Å². The van der Waals surface area contributed by atoms with Crippen LogP contribution in [0.25, 0.3) is 22.3 Å². The van der Waals surface area contributed by atoms with Crippen LogP contribution in [0.5, 0.6) is 0 Å². The minimum Gasteiger partial charge on any atom is -0.348 e. The van der Waals surface area contributed by atoms with Gasteiger partial charge in [-0.1, -0.05) is 12.1 Å². The molecule has 2 aromatic carbocycles. The fourth-order valence-corrected chi connectivity index (χ4v) is 5.71. The van der Waals surface area contributed by atoms with Gasteiger partial charge in [0.05, 0.1) is 5.69 Å². The highest BCUT2D eigenvalue weighted by molar-refractivity contribution is 14.2. The summed E-state index contributed by atoms with van der Waals surface area (Å²) in [5.41, 5.74) is 6.51. The first kappa shape index (κ1) is 25.4. The van der Waals surface area contributed by atoms with Crippen LogP contribution in [-0.4, -0.2) is 24.6 Å². The van der Waals surface area contributed by atoms with Gasteiger partial charge in [-0.3, -0.25) is 13.4 Å². The van der Waals surface area contributed by atoms with Crippen LogP contribution in [0.2, 0.25) is 0 Å². The van der Waals surface area contributed by atoms with Crippen LogP contribution in [0.4, 0.5) is 8.78 Å². The van der Waals surface area contributed by atoms with E-state index in [1.54, 1.807) is 26.1 Å². The number of hydrogen-bond donors (Lipinski definition) is 1. The van der Waals surface area contributed by atoms with Crippen LogP contribution in [0.15, 0.2) is 67.1 Å². The molecule has 1 amide bonds. The molecule has 5 aromatic rings. The largest absolute Gasteiger partial charge is 0.348 e. The molecular formula is C27H22F2IN5OS. The number of carbonyl (C=O) groups is 1. The fraction of sp³-hybridized carbons (Fsp3) is 0.148. The van der Waals surface area contributed by atoms with Crippen molar-refractivity contribution in [1.29, 1.82) is 0 Å². The van der Waals surface area contributed by atoms with Crippen molar-refractivity contribution in [2.75, 3.05) is 0 Å². The predicted molar refractivity (Wildman–Crippen MR) is 150 cm³/mol. The van der Waals surface area contributed by atoms with Crippen LogP contribution in [0.1, 0.15) is 32.6 Å². The quantitative estimate of drug-likeness (QED) is 0.212. The molecule has 0 radical (unpaired) electrons. The van der Waals surface area contributed by atoms with Crippen LogP contribution in [0.3, 0.4) is 0 Å². The monoisotopic (exact) mass is 629 g/mol. The van der Waals surface area contributed by atoms with Gasteiger partial charge in [0, 0.05) is 85.1 Å². The SMILES string of the molecule is Cc1c(Cc2ccnc3c2c(-c2ccn(C)n2)cn3SI)cccc1C(=O)NCc1cc(F)cc(F)c1. The van der Waals surface area contributed by atoms with Crippen molar-refractivity contribution < 1.29 is 13.6 Å². The second-order valence-electron chi connectivity index (χ2n) is 8.71. The number of pyridine rings is 1. The van der Waals surface area contributed by atoms with Crippen molar-refractivity contribution in [3.8, 4) is 11.3 Å². The Hall–Kier alpha value is -3.25. The zero-order valence-corrected chi connectivity index (χ0v) is 23.0. The number of carbonyl (C=O) groups excluding carboxylic acids is 1. The molecule has 0 saturated carbocycles. The lowest BCUT2D eigenvalue weighted by Gasteiger charge is -2.13. The fourth-order valence-electron chi connectivity index (χ4n) is 4.46. The van der Waals surface area contributed by atoms with E-state index in [0.29, 0.717) is 17.5 Å². The van der Waals surface area contributed by atoms with Crippen LogP contribution in [0, 0.1) is 18.6 Å². The molecule has 0 aliphatic carbocycles. The summed E-state index contributed by atoms with van der Waals surface area (Å²) in [6.07, 6.45) is 6.35. The van der Waals surface area contributed by atoms with Gasteiger partial charge in [0.15, 0.2) is 5.65 Å². The highest BCUT2D eigenvalue weighted by Gasteiger charge is 2.19. The van der Waals surface area contributed by atoms with Crippen molar-refractivity contribution in [2.45, 2.75) is 19.9 Å². The van der Waals surface area contributed by atoms with Gasteiger partial charge in [0.2, 0.25) is 0 Å². The Bertz CT molecular complexity index is 1610. The van der Waals surface area contributed by atoms with Gasteiger partial charge >= 0.3 is 0 Å². The molecule has 0 aliphatic rings. The maximum atomic E-state index is 13.5. The molecular weight excluding hydrogens is 607 g/mol. The lowest BCUT2D eigenvalue weighted by atomic mass is 9.94. The number of benzene rings is 2. The summed E-state index contributed by atoms with van der Waals surface area (Å²) < 4.78 is 30.8. The van der Waals surface area contributed by atoms with E-state index in [1.807, 2.05) is 54.6 Å². The number of rotatable bonds is 7. The molecule has 0 fully saturated rings. The average Bonchev–Trinajstić information content (AvgIpc) is 3.47. The van der Waals surface area contributed by atoms with E-state index in [2.05, 4.69) is 36.6 Å². The van der Waals surface area contributed by atoms with E-state index in [4.69, 9.17) is 0 Å². The molecule has 0 saturated heterocycles. The third-order valence-corrected chi connectivity index (χ3v) is 7.95. The molecule has 0 unspecified atom stereocenters. The van der Waals surface area contributed by atoms with Gasteiger partial charge in [-0.15, -0.1) is 0 Å². The number of fused-ring (bicyclic) bond motifs is 1. The molecule has 0 bridgehead atoms. The first-order valence-electron chi connectivity index (χ1n) is 11.4. The zero-order chi connectivity index (χ0) is 26.1. The van der Waals surface area contributed by atoms with Crippen molar-refractivity contribution in [2.24, 2.45) is 7.05 Å². The average molecular weight is 629 g/mol. The molecule has 1 N–H and O–H groups in total. The second-order valence-corrected chi connectivity index (χ2v) is 10.4. The highest BCUT2D eigenvalue weighted by atomic mass is 127. The Morgan fingerprint density at radius 2 is 1.89 bits per heavy atom. The minimum atomic E-state index is -0.675. The number of nitrogens with zero attached hydrogens (tertiary/aromatic N) is 4. The van der Waals surface area contributed by atoms with E-state index in [1.165, 1.54) is 12.1 Å². The standard InChI is InChI=1S/C27H22F2IN5OS/c1-16-18(4-3-5-22(16)27(36)32-14-17-10-20(28)13-21(29)11-17)12-19-6-8-31-26-25(19)23(15-35(26)37-30)24-7-9-34(2)33-24/h3-11,13,15H,12,14H2,1-2H3,(H,32,36). The first-order valence-corrected chi connectivity index (χ1v) is 14.8. The third kappa shape index (κ3) is 5.26. The Kier molecular flexibility index (Phi) is 7.29. The number of amides is 1. The van der Waals surface area contributed by atoms with Crippen molar-refractivity contribution in [3.63, 3.8) is 0 Å². The normalized spacial score (nSPS) is 11.3. The summed E-state index contributed by atoms with van der Waals surface area (Å²) in [4.78, 5) is 17.6. The van der Waals surface area contributed by atoms with Crippen molar-refractivity contribution >= 4 is 47.3 Å². The van der Waals surface area contributed by atoms with Gasteiger partial charge in [0.25, 0.3) is 5.91 Å². The predicted octanol–water partition coefficient (Wildman–Crippen LogP) is 6.39. The van der Waals surface area contributed by atoms with E-state index >= 15 is 0 Å². The summed E-state index contributed by atoms with van der Waals surface area (Å²) in [7, 11) is 3.43. The smallest absolute Gasteiger partial charge is 0.251 e. The molecule has 0 atom stereocenters. The van der Waals surface area contributed by atoms with Crippen LogP contribution >= 0.6 is 30.3 Å². The Morgan fingerprint density at radius 3 is 2.59 bits per heavy atom. The summed E-state index contributed by atoms with van der Waals surface area (Å²) in [5, 5.41) is 8.40. The highest BCUT2D eigenvalue weighted by Crippen LogP contribution is 2.36. The van der Waals surface area contributed by atoms with E-state index in [0.717, 1.165) is 45.0 Å². The van der Waals surface area contributed by atoms with Crippen LogP contribution in [-0.2, 0) is 20.0 Å². The van der Waals surface area contributed by atoms with Crippen molar-refractivity contribution in [1.82, 2.24) is 24.1 Å². The summed E-state index contributed by atoms with van der Waals surface area (Å²) in [5.74, 6) is -1.65. The first-order chi connectivity index (χ1) is 17.8. The molecule has 188 valence electrons. The number of aromatic nitrogens is 4. The lowest BCUT2D eigenvalue weighted by Crippen LogP contribution is -2.24. The Morgan fingerprint density at radius 1 is 1.11 bits per heavy atom. The van der Waals surface area contributed by atoms with Gasteiger partial charge in [-0.25, -0.2) is 13.8 Å². The van der Waals surface area contributed by atoms with E-state index in [-0.39, 0.29) is 12.5 Å². The van der Waals surface area contributed by atoms with Gasteiger partial charge < -0.3 is 5.32 Å². The summed E-state index contributed by atoms with van der Waals surface area (Å²) in [6.45, 7) is 1.94. The number of hydrogen-bond acceptors (Lipinski definition) is 4. The third-order valence-electron chi connectivity index (χ3n) is 6.25. The van der Waals surface area contributed by atoms with Crippen LogP contribution < -0.4 is 5.32 Å². The minimum absolute atomic E-state index is 0.0249. The summed E-state index contributed by atoms with van der Waals surface area (Å²) in [6, 6.07) is 12.8. The Labute approximate surface area is 228 Å². The molecule has 6 nitrogen and oxygen atoms in total. The number of halogens is 3. The lowest BCUT2D eigenvalue weighted by molar-refractivity contribution is 0.0950. The molecule has 0 spiro atoms. The van der Waals surface area contributed by atoms with Crippen molar-refractivity contribution in [3.05, 3.63) is 107 Å². The topological polar surface area (TPSA) is 64.7 Å². The zero-order valence-electron chi connectivity index (χ0n) is 20.0. The molecule has 3 heterocycles. The van der Waals surface area contributed by atoms with E-state index in [9.17, 15) is 13.6 Å². The van der Waals surface area contributed by atoms with Gasteiger partial charge in [-0.05, 0) is 65.9 Å². The molecule has 10 heteroatoms. The number of aryl methyl sites for hydroxylation is 1. The van der Waals surface area contributed by atoms with Gasteiger partial charge in [0.1, 0.15) is 11.6 Å². The number of nitrogens with one attached hydrogen (secondary N) is 1. The molecule has 3 aromatic heterocycles. The molecule has 37 heavy (non-hydrogen) atoms. The second kappa shape index (κ2) is 10.6. The maximum absolute atomic E-state index is 13.5. The molecule has 5 rings (SSSR count). The summed E-state index contributed by atoms with van der Waals surface area (Å²) >= 11 is 2.23. The maximum Gasteiger partial charge on any atom is 0.251 e. The molecule has 0 aliphatic heterocycles. The Balaban J connectivity index is 1.46.